The van der Waals surface area contributed by atoms with E-state index in [0.717, 1.165) is 35.8 Å². The van der Waals surface area contributed by atoms with Crippen LogP contribution >= 0.6 is 23.5 Å². The number of rotatable bonds is 7. The van der Waals surface area contributed by atoms with Crippen LogP contribution in [0.3, 0.4) is 0 Å². The summed E-state index contributed by atoms with van der Waals surface area (Å²) < 4.78 is 5.91. The Morgan fingerprint density at radius 1 is 1.31 bits per heavy atom. The van der Waals surface area contributed by atoms with Crippen molar-refractivity contribution in [3.8, 4) is 0 Å². The number of amides is 1. The fourth-order valence-corrected chi connectivity index (χ4v) is 5.74. The average molecular weight is 431 g/mol. The van der Waals surface area contributed by atoms with Gasteiger partial charge in [-0.2, -0.15) is 15.1 Å². The van der Waals surface area contributed by atoms with E-state index in [2.05, 4.69) is 17.0 Å². The number of hydrogen-bond donors (Lipinski definition) is 1. The quantitative estimate of drug-likeness (QED) is 0.430. The summed E-state index contributed by atoms with van der Waals surface area (Å²) >= 11 is 3.17. The number of carbonyl (C=O) groups excluding carboxylic acids is 1. The van der Waals surface area contributed by atoms with Crippen molar-refractivity contribution in [3.05, 3.63) is 23.5 Å². The lowest BCUT2D eigenvalue weighted by Crippen LogP contribution is -2.35. The molecule has 0 unspecified atom stereocenters. The SMILES string of the molecule is CCCCCC1=NN2C(=N)/C(=C\c3ccc(SC4CCCCC4)o3)C(=O)N=C2S1. The number of carbonyl (C=O) groups is 1. The largest absolute Gasteiger partial charge is 0.450 e. The maximum atomic E-state index is 12.5. The molecule has 0 bridgehead atoms. The topological polar surface area (TPSA) is 82.0 Å². The average Bonchev–Trinajstić information content (AvgIpc) is 3.33. The molecule has 1 saturated carbocycles. The van der Waals surface area contributed by atoms with Crippen LogP contribution in [0.2, 0.25) is 0 Å². The van der Waals surface area contributed by atoms with Gasteiger partial charge < -0.3 is 4.42 Å². The lowest BCUT2D eigenvalue weighted by atomic mass is 10.0. The van der Waals surface area contributed by atoms with E-state index in [1.165, 1.54) is 48.9 Å². The Morgan fingerprint density at radius 2 is 2.14 bits per heavy atom. The van der Waals surface area contributed by atoms with Gasteiger partial charge in [0.25, 0.3) is 5.91 Å². The second-order valence-electron chi connectivity index (χ2n) is 7.51. The van der Waals surface area contributed by atoms with Crippen molar-refractivity contribution < 1.29 is 9.21 Å². The highest BCUT2D eigenvalue weighted by Gasteiger charge is 2.35. The molecular formula is C21H26N4O2S2. The molecule has 1 fully saturated rings. The van der Waals surface area contributed by atoms with E-state index in [9.17, 15) is 4.79 Å². The van der Waals surface area contributed by atoms with E-state index in [-0.39, 0.29) is 11.4 Å². The van der Waals surface area contributed by atoms with Gasteiger partial charge in [0.2, 0.25) is 5.17 Å². The number of fused-ring (bicyclic) bond motifs is 1. The summed E-state index contributed by atoms with van der Waals surface area (Å²) in [6.07, 6.45) is 12.2. The van der Waals surface area contributed by atoms with Crippen molar-refractivity contribution in [3.63, 3.8) is 0 Å². The maximum absolute atomic E-state index is 12.5. The van der Waals surface area contributed by atoms with Gasteiger partial charge in [0.15, 0.2) is 10.9 Å². The first kappa shape index (κ1) is 20.5. The number of hydrogen-bond acceptors (Lipinski definition) is 6. The third-order valence-electron chi connectivity index (χ3n) is 5.21. The molecule has 1 aromatic heterocycles. The van der Waals surface area contributed by atoms with Crippen LogP contribution in [0.1, 0.15) is 70.5 Å². The van der Waals surface area contributed by atoms with Gasteiger partial charge in [-0.15, -0.1) is 0 Å². The first-order valence-corrected chi connectivity index (χ1v) is 12.1. The summed E-state index contributed by atoms with van der Waals surface area (Å²) in [5.41, 5.74) is 0.219. The highest BCUT2D eigenvalue weighted by atomic mass is 32.2. The summed E-state index contributed by atoms with van der Waals surface area (Å²) in [6, 6.07) is 3.81. The van der Waals surface area contributed by atoms with E-state index >= 15 is 0 Å². The molecule has 0 atom stereocenters. The molecular weight excluding hydrogens is 404 g/mol. The molecule has 3 aliphatic rings. The van der Waals surface area contributed by atoms with Crippen molar-refractivity contribution in [2.45, 2.75) is 75.1 Å². The third kappa shape index (κ3) is 4.86. The van der Waals surface area contributed by atoms with Crippen LogP contribution in [0.15, 0.2) is 37.3 Å². The molecule has 1 N–H and O–H groups in total. The van der Waals surface area contributed by atoms with Crippen molar-refractivity contribution >= 4 is 51.6 Å². The molecule has 154 valence electrons. The Morgan fingerprint density at radius 3 is 2.93 bits per heavy atom. The van der Waals surface area contributed by atoms with E-state index in [1.807, 2.05) is 12.1 Å². The monoisotopic (exact) mass is 430 g/mol. The van der Waals surface area contributed by atoms with E-state index in [4.69, 9.17) is 9.83 Å². The third-order valence-corrected chi connectivity index (χ3v) is 7.44. The zero-order valence-electron chi connectivity index (χ0n) is 16.6. The molecule has 8 heteroatoms. The Balaban J connectivity index is 1.45. The Bertz CT molecular complexity index is 881. The van der Waals surface area contributed by atoms with Crippen LogP contribution in [-0.4, -0.2) is 32.2 Å². The first-order valence-electron chi connectivity index (χ1n) is 10.4. The van der Waals surface area contributed by atoms with Crippen LogP contribution in [-0.2, 0) is 4.79 Å². The number of nitrogens with zero attached hydrogens (tertiary/aromatic N) is 3. The lowest BCUT2D eigenvalue weighted by Gasteiger charge is -2.20. The van der Waals surface area contributed by atoms with Gasteiger partial charge in [0.05, 0.1) is 5.57 Å². The fourth-order valence-electron chi connectivity index (χ4n) is 3.62. The minimum Gasteiger partial charge on any atom is -0.450 e. The van der Waals surface area contributed by atoms with Crippen molar-refractivity contribution in [1.82, 2.24) is 5.01 Å². The van der Waals surface area contributed by atoms with Crippen LogP contribution in [0.5, 0.6) is 0 Å². The van der Waals surface area contributed by atoms with Gasteiger partial charge in [-0.1, -0.05) is 50.8 Å². The molecule has 29 heavy (non-hydrogen) atoms. The van der Waals surface area contributed by atoms with Crippen LogP contribution < -0.4 is 0 Å². The Hall–Kier alpha value is -1.80. The van der Waals surface area contributed by atoms with E-state index < -0.39 is 5.91 Å². The molecule has 2 aliphatic heterocycles. The smallest absolute Gasteiger partial charge is 0.283 e. The van der Waals surface area contributed by atoms with Crippen LogP contribution in [0.4, 0.5) is 0 Å². The van der Waals surface area contributed by atoms with E-state index in [0.29, 0.717) is 16.2 Å². The first-order chi connectivity index (χ1) is 14.1. The van der Waals surface area contributed by atoms with Crippen molar-refractivity contribution in [2.24, 2.45) is 10.1 Å². The highest BCUT2D eigenvalue weighted by molar-refractivity contribution is 8.26. The zero-order chi connectivity index (χ0) is 20.2. The maximum Gasteiger partial charge on any atom is 0.283 e. The van der Waals surface area contributed by atoms with Crippen molar-refractivity contribution in [1.29, 1.82) is 5.41 Å². The summed E-state index contributed by atoms with van der Waals surface area (Å²) in [5.74, 6) is 0.238. The molecule has 1 amide bonds. The Kier molecular flexibility index (Phi) is 6.60. The second kappa shape index (κ2) is 9.34. The van der Waals surface area contributed by atoms with Gasteiger partial charge in [-0.3, -0.25) is 10.2 Å². The molecule has 4 rings (SSSR count). The fraction of sp³-hybridized carbons (Fsp3) is 0.524. The van der Waals surface area contributed by atoms with Crippen LogP contribution in [0, 0.1) is 5.41 Å². The normalized spacial score (nSPS) is 21.6. The number of hydrazone groups is 1. The predicted molar refractivity (Wildman–Crippen MR) is 121 cm³/mol. The summed E-state index contributed by atoms with van der Waals surface area (Å²) in [7, 11) is 0. The highest BCUT2D eigenvalue weighted by Crippen LogP contribution is 2.35. The zero-order valence-corrected chi connectivity index (χ0v) is 18.3. The summed E-state index contributed by atoms with van der Waals surface area (Å²) in [4.78, 5) is 16.7. The predicted octanol–water partition coefficient (Wildman–Crippen LogP) is 5.90. The minimum atomic E-state index is -0.406. The van der Waals surface area contributed by atoms with Gasteiger partial charge >= 0.3 is 0 Å². The molecule has 0 saturated heterocycles. The van der Waals surface area contributed by atoms with Gasteiger partial charge in [-0.05, 0) is 55.7 Å². The summed E-state index contributed by atoms with van der Waals surface area (Å²) in [5, 5.41) is 17.3. The molecule has 3 heterocycles. The number of thioether (sulfide) groups is 2. The molecule has 0 spiro atoms. The molecule has 6 nitrogen and oxygen atoms in total. The lowest BCUT2D eigenvalue weighted by molar-refractivity contribution is -0.114. The molecule has 0 radical (unpaired) electrons. The van der Waals surface area contributed by atoms with Crippen molar-refractivity contribution in [2.75, 3.05) is 0 Å². The number of aliphatic imine (C=N–C) groups is 1. The molecule has 1 aliphatic carbocycles. The number of nitrogens with one attached hydrogen (secondary N) is 1. The Labute approximate surface area is 179 Å². The van der Waals surface area contributed by atoms with Crippen LogP contribution in [0.25, 0.3) is 6.08 Å². The van der Waals surface area contributed by atoms with E-state index in [1.54, 1.807) is 17.8 Å². The summed E-state index contributed by atoms with van der Waals surface area (Å²) in [6.45, 7) is 2.16. The molecule has 1 aromatic rings. The van der Waals surface area contributed by atoms with Gasteiger partial charge in [-0.25, -0.2) is 0 Å². The standard InChI is InChI=1S/C21H26N4O2S2/c1-2-3-5-10-17-24-25-19(22)16(20(26)23-21(25)29-17)13-14-11-12-18(27-14)28-15-8-6-4-7-9-15/h11-13,15,22H,2-10H2,1H3/b16-13+,22-19?. The number of furan rings is 1. The minimum absolute atomic E-state index is 0.0656. The molecule has 0 aromatic carbocycles. The van der Waals surface area contributed by atoms with Gasteiger partial charge in [0, 0.05) is 5.25 Å². The number of amidine groups is 2. The number of unbranched alkanes of at least 4 members (excludes halogenated alkanes) is 2. The second-order valence-corrected chi connectivity index (χ2v) is 9.85. The van der Waals surface area contributed by atoms with Gasteiger partial charge in [0.1, 0.15) is 10.8 Å².